The molecule has 0 bridgehead atoms. The average molecular weight is 484 g/mol. The Morgan fingerprint density at radius 1 is 1.15 bits per heavy atom. The molecule has 0 radical (unpaired) electrons. The molecule has 0 atom stereocenters. The Morgan fingerprint density at radius 2 is 1.85 bits per heavy atom. The number of carbonyl (C=O) groups is 1. The van der Waals surface area contributed by atoms with Crippen LogP contribution in [-0.4, -0.2) is 46.0 Å². The number of nitrogens with two attached hydrogens (primary N) is 1. The zero-order valence-corrected chi connectivity index (χ0v) is 20.1. The lowest BCUT2D eigenvalue weighted by molar-refractivity contribution is 0.0969. The molecule has 12 heteroatoms. The van der Waals surface area contributed by atoms with Gasteiger partial charge in [-0.05, 0) is 13.8 Å². The lowest BCUT2D eigenvalue weighted by atomic mass is 10.1. The summed E-state index contributed by atoms with van der Waals surface area (Å²) in [5, 5.41) is 8.36. The highest BCUT2D eigenvalue weighted by Gasteiger charge is 2.27. The van der Waals surface area contributed by atoms with Gasteiger partial charge in [0.05, 0.1) is 6.54 Å². The smallest absolute Gasteiger partial charge is 0.332 e. The third-order valence-corrected chi connectivity index (χ3v) is 6.53. The molecule has 0 saturated carbocycles. The minimum Gasteiger partial charge on any atom is -0.424 e. The minimum absolute atomic E-state index is 0.0698. The van der Waals surface area contributed by atoms with Crippen LogP contribution >= 0.6 is 11.8 Å². The molecular formula is C22H25N7O4S. The number of carbonyl (C=O) groups excluding carboxylic acids is 1. The second-order valence-electron chi connectivity index (χ2n) is 8.46. The molecule has 3 aromatic heterocycles. The first kappa shape index (κ1) is 23.6. The molecule has 0 aliphatic carbocycles. The van der Waals surface area contributed by atoms with Crippen molar-refractivity contribution in [1.29, 1.82) is 0 Å². The van der Waals surface area contributed by atoms with Crippen LogP contribution in [0.1, 0.15) is 36.0 Å². The van der Waals surface area contributed by atoms with Gasteiger partial charge in [0.25, 0.3) is 5.56 Å². The van der Waals surface area contributed by atoms with Gasteiger partial charge in [-0.1, -0.05) is 42.1 Å². The molecule has 11 nitrogen and oxygen atoms in total. The number of thioether (sulfide) groups is 1. The molecule has 0 fully saturated rings. The number of hydrogen-bond acceptors (Lipinski definition) is 9. The van der Waals surface area contributed by atoms with Gasteiger partial charge in [-0.15, -0.1) is 10.2 Å². The van der Waals surface area contributed by atoms with E-state index in [2.05, 4.69) is 15.2 Å². The van der Waals surface area contributed by atoms with Crippen molar-refractivity contribution in [3.8, 4) is 0 Å². The summed E-state index contributed by atoms with van der Waals surface area (Å²) in [7, 11) is 1.52. The molecule has 4 aromatic rings. The van der Waals surface area contributed by atoms with Gasteiger partial charge in [0, 0.05) is 30.8 Å². The molecule has 3 heterocycles. The van der Waals surface area contributed by atoms with Gasteiger partial charge in [-0.3, -0.25) is 18.7 Å². The van der Waals surface area contributed by atoms with Crippen molar-refractivity contribution in [2.24, 2.45) is 12.8 Å². The van der Waals surface area contributed by atoms with Crippen LogP contribution in [0.2, 0.25) is 0 Å². The normalized spacial score (nSPS) is 11.9. The lowest BCUT2D eigenvalue weighted by Crippen LogP contribution is -2.41. The molecule has 0 aliphatic rings. The van der Waals surface area contributed by atoms with Crippen molar-refractivity contribution >= 4 is 28.7 Å². The third kappa shape index (κ3) is 4.46. The van der Waals surface area contributed by atoms with E-state index < -0.39 is 22.5 Å². The quantitative estimate of drug-likeness (QED) is 0.290. The van der Waals surface area contributed by atoms with Crippen LogP contribution in [-0.2, 0) is 20.1 Å². The lowest BCUT2D eigenvalue weighted by Gasteiger charge is -2.21. The number of nitrogens with zero attached hydrogens (tertiary/aromatic N) is 6. The van der Waals surface area contributed by atoms with Gasteiger partial charge in [0.2, 0.25) is 11.8 Å². The first-order valence-electron chi connectivity index (χ1n) is 10.6. The number of aromatic nitrogens is 6. The van der Waals surface area contributed by atoms with Gasteiger partial charge in [0.15, 0.2) is 22.1 Å². The fraction of sp³-hybridized carbons (Fsp3) is 0.364. The fourth-order valence-corrected chi connectivity index (χ4v) is 4.38. The third-order valence-electron chi connectivity index (χ3n) is 5.32. The Balaban J connectivity index is 1.91. The van der Waals surface area contributed by atoms with Crippen molar-refractivity contribution in [1.82, 2.24) is 28.9 Å². The number of rotatable bonds is 8. The molecule has 2 N–H and O–H groups in total. The van der Waals surface area contributed by atoms with Crippen molar-refractivity contribution < 1.29 is 9.21 Å². The number of aryl methyl sites for hydroxylation is 2. The number of Topliss-reactive ketones (excluding diaryl/α,β-unsaturated/α-hetero) is 1. The van der Waals surface area contributed by atoms with E-state index in [0.717, 1.165) is 4.57 Å². The van der Waals surface area contributed by atoms with E-state index in [1.54, 1.807) is 41.8 Å². The number of hydrogen-bond donors (Lipinski definition) is 1. The Morgan fingerprint density at radius 3 is 2.47 bits per heavy atom. The second-order valence-corrected chi connectivity index (χ2v) is 10.1. The summed E-state index contributed by atoms with van der Waals surface area (Å²) < 4.78 is 8.96. The van der Waals surface area contributed by atoms with Crippen LogP contribution in [0.5, 0.6) is 0 Å². The summed E-state index contributed by atoms with van der Waals surface area (Å²) in [4.78, 5) is 44.0. The Hall–Kier alpha value is -3.51. The standard InChI is InChI=1S/C22H25N7O4S/c1-13-25-26-16(33-13)11-28-17-18(24-20(28)34-22(2,3)12-23)27(4)21(32)29(19(17)31)10-15(30)14-8-6-5-7-9-14/h5-9H,10-12,23H2,1-4H3. The number of fused-ring (bicyclic) bond motifs is 1. The van der Waals surface area contributed by atoms with Crippen LogP contribution < -0.4 is 17.0 Å². The predicted octanol–water partition coefficient (Wildman–Crippen LogP) is 1.35. The van der Waals surface area contributed by atoms with Gasteiger partial charge in [-0.2, -0.15) is 0 Å². The van der Waals surface area contributed by atoms with Gasteiger partial charge in [0.1, 0.15) is 6.54 Å². The van der Waals surface area contributed by atoms with Crippen molar-refractivity contribution in [3.05, 3.63) is 68.5 Å². The van der Waals surface area contributed by atoms with E-state index >= 15 is 0 Å². The Labute approximate surface area is 198 Å². The van der Waals surface area contributed by atoms with Crippen LogP contribution in [0.25, 0.3) is 11.2 Å². The Kier molecular flexibility index (Phi) is 6.28. The van der Waals surface area contributed by atoms with E-state index in [4.69, 9.17) is 10.2 Å². The molecule has 1 aromatic carbocycles. The summed E-state index contributed by atoms with van der Waals surface area (Å²) in [6, 6.07) is 8.52. The fourth-order valence-electron chi connectivity index (χ4n) is 3.40. The first-order valence-corrected chi connectivity index (χ1v) is 11.4. The highest BCUT2D eigenvalue weighted by molar-refractivity contribution is 8.00. The second kappa shape index (κ2) is 9.03. The molecular weight excluding hydrogens is 458 g/mol. The van der Waals surface area contributed by atoms with E-state index in [-0.39, 0.29) is 29.4 Å². The zero-order chi connectivity index (χ0) is 24.6. The van der Waals surface area contributed by atoms with Crippen LogP contribution in [0, 0.1) is 6.92 Å². The minimum atomic E-state index is -0.630. The van der Waals surface area contributed by atoms with E-state index in [9.17, 15) is 14.4 Å². The summed E-state index contributed by atoms with van der Waals surface area (Å²) in [5.41, 5.74) is 5.43. The average Bonchev–Trinajstić information content (AvgIpc) is 3.39. The van der Waals surface area contributed by atoms with Crippen molar-refractivity contribution in [3.63, 3.8) is 0 Å². The van der Waals surface area contributed by atoms with E-state index in [1.165, 1.54) is 23.4 Å². The maximum atomic E-state index is 13.6. The Bertz CT molecular complexity index is 1480. The SMILES string of the molecule is Cc1nnc(Cn2c(SC(C)(C)CN)nc3c2c(=O)n(CC(=O)c2ccccc2)c(=O)n3C)o1. The molecule has 34 heavy (non-hydrogen) atoms. The van der Waals surface area contributed by atoms with Gasteiger partial charge < -0.3 is 14.7 Å². The van der Waals surface area contributed by atoms with Crippen LogP contribution in [0.3, 0.4) is 0 Å². The number of ketones is 1. The van der Waals surface area contributed by atoms with Gasteiger partial charge in [-0.25, -0.2) is 9.78 Å². The topological polar surface area (TPSA) is 144 Å². The molecule has 0 aliphatic heterocycles. The molecule has 4 rings (SSSR count). The summed E-state index contributed by atoms with van der Waals surface area (Å²) in [5.74, 6) is 0.315. The highest BCUT2D eigenvalue weighted by Crippen LogP contribution is 2.32. The highest BCUT2D eigenvalue weighted by atomic mass is 32.2. The number of imidazole rings is 1. The van der Waals surface area contributed by atoms with Gasteiger partial charge >= 0.3 is 5.69 Å². The summed E-state index contributed by atoms with van der Waals surface area (Å²) in [6.07, 6.45) is 0. The number of benzene rings is 1. The zero-order valence-electron chi connectivity index (χ0n) is 19.3. The monoisotopic (exact) mass is 483 g/mol. The predicted molar refractivity (Wildman–Crippen MR) is 127 cm³/mol. The van der Waals surface area contributed by atoms with E-state index in [0.29, 0.717) is 23.2 Å². The molecule has 178 valence electrons. The molecule has 0 unspecified atom stereocenters. The summed E-state index contributed by atoms with van der Waals surface area (Å²) in [6.45, 7) is 5.60. The molecule has 0 saturated heterocycles. The van der Waals surface area contributed by atoms with E-state index in [1.807, 2.05) is 13.8 Å². The van der Waals surface area contributed by atoms with Crippen molar-refractivity contribution in [2.75, 3.05) is 6.54 Å². The maximum absolute atomic E-state index is 13.6. The molecule has 0 amide bonds. The first-order chi connectivity index (χ1) is 16.1. The van der Waals surface area contributed by atoms with Crippen LogP contribution in [0.15, 0.2) is 49.5 Å². The van der Waals surface area contributed by atoms with Crippen molar-refractivity contribution in [2.45, 2.75) is 43.8 Å². The summed E-state index contributed by atoms with van der Waals surface area (Å²) >= 11 is 1.37. The maximum Gasteiger partial charge on any atom is 0.332 e. The largest absolute Gasteiger partial charge is 0.424 e. The molecule has 0 spiro atoms. The van der Waals surface area contributed by atoms with Crippen LogP contribution in [0.4, 0.5) is 0 Å².